The van der Waals surface area contributed by atoms with Crippen LogP contribution in [0.15, 0.2) is 54.6 Å². The van der Waals surface area contributed by atoms with Gasteiger partial charge in [-0.1, -0.05) is 62.7 Å². The quantitative estimate of drug-likeness (QED) is 0.149. The summed E-state index contributed by atoms with van der Waals surface area (Å²) in [4.78, 5) is 62.6. The first-order chi connectivity index (χ1) is 19.4. The van der Waals surface area contributed by atoms with Crippen LogP contribution in [0.2, 0.25) is 0 Å². The molecule has 9 N–H and O–H groups in total. The highest BCUT2D eigenvalue weighted by atomic mass is 16.4. The second kappa shape index (κ2) is 16.0. The predicted molar refractivity (Wildman–Crippen MR) is 151 cm³/mol. The summed E-state index contributed by atoms with van der Waals surface area (Å²) in [7, 11) is 0. The molecule has 0 fully saturated rings. The van der Waals surface area contributed by atoms with Crippen molar-refractivity contribution >= 4 is 29.6 Å². The summed E-state index contributed by atoms with van der Waals surface area (Å²) in [6.07, 6.45) is 0.430. The Morgan fingerprint density at radius 2 is 1.37 bits per heavy atom. The van der Waals surface area contributed by atoms with Gasteiger partial charge in [0.2, 0.25) is 23.6 Å². The molecule has 5 unspecified atom stereocenters. The molecule has 2 aromatic rings. The molecule has 0 saturated carbocycles. The Morgan fingerprint density at radius 3 is 1.93 bits per heavy atom. The van der Waals surface area contributed by atoms with E-state index in [4.69, 9.17) is 11.5 Å². The topological polar surface area (TPSA) is 214 Å². The van der Waals surface area contributed by atoms with E-state index in [9.17, 15) is 34.2 Å². The van der Waals surface area contributed by atoms with E-state index in [0.29, 0.717) is 12.0 Å². The monoisotopic (exact) mass is 569 g/mol. The number of carbonyl (C=O) groups excluding carboxylic acids is 4. The van der Waals surface area contributed by atoms with Crippen LogP contribution in [0.25, 0.3) is 0 Å². The maximum atomic E-state index is 13.5. The lowest BCUT2D eigenvalue weighted by Gasteiger charge is -2.28. The molecule has 0 aliphatic carbocycles. The molecule has 2 rings (SSSR count). The molecular weight excluding hydrogens is 530 g/mol. The minimum atomic E-state index is -1.31. The zero-order chi connectivity index (χ0) is 30.5. The van der Waals surface area contributed by atoms with Crippen molar-refractivity contribution in [2.24, 2.45) is 17.4 Å². The van der Waals surface area contributed by atoms with E-state index in [1.165, 1.54) is 12.1 Å². The number of benzene rings is 2. The molecule has 5 atom stereocenters. The number of aliphatic carboxylic acids is 1. The number of primary amides is 1. The lowest BCUT2D eigenvalue weighted by atomic mass is 9.96. The van der Waals surface area contributed by atoms with Gasteiger partial charge >= 0.3 is 5.97 Å². The molecule has 0 radical (unpaired) electrons. The molecule has 222 valence electrons. The number of carboxylic acid groups (broad SMARTS) is 1. The van der Waals surface area contributed by atoms with Crippen LogP contribution in [0.1, 0.15) is 44.2 Å². The van der Waals surface area contributed by atoms with Crippen LogP contribution in [0.3, 0.4) is 0 Å². The lowest BCUT2D eigenvalue weighted by molar-refractivity contribution is -0.142. The van der Waals surface area contributed by atoms with Gasteiger partial charge in [-0.05, 0) is 35.6 Å². The van der Waals surface area contributed by atoms with E-state index < -0.39 is 53.8 Å². The molecule has 0 bridgehead atoms. The van der Waals surface area contributed by atoms with Crippen molar-refractivity contribution in [1.29, 1.82) is 0 Å². The van der Waals surface area contributed by atoms with Gasteiger partial charge in [0, 0.05) is 19.3 Å². The number of carbonyl (C=O) groups is 5. The first-order valence-electron chi connectivity index (χ1n) is 13.4. The number of carboxylic acids is 1. The molecule has 41 heavy (non-hydrogen) atoms. The average Bonchev–Trinajstić information content (AvgIpc) is 2.94. The number of nitrogens with one attached hydrogen (secondary N) is 3. The Bertz CT molecular complexity index is 1190. The highest BCUT2D eigenvalue weighted by molar-refractivity contribution is 5.94. The summed E-state index contributed by atoms with van der Waals surface area (Å²) >= 11 is 0. The first-order valence-corrected chi connectivity index (χ1v) is 13.4. The lowest BCUT2D eigenvalue weighted by Crippen LogP contribution is -2.59. The fraction of sp³-hybridized carbons (Fsp3) is 0.414. The zero-order valence-corrected chi connectivity index (χ0v) is 23.2. The van der Waals surface area contributed by atoms with Crippen molar-refractivity contribution in [3.63, 3.8) is 0 Å². The molecule has 0 aromatic heterocycles. The Kier molecular flexibility index (Phi) is 12.8. The number of aromatic hydroxyl groups is 1. The van der Waals surface area contributed by atoms with Crippen molar-refractivity contribution in [3.05, 3.63) is 65.7 Å². The third-order valence-corrected chi connectivity index (χ3v) is 6.74. The molecular formula is C29H39N5O7. The Labute approximate surface area is 238 Å². The van der Waals surface area contributed by atoms with E-state index in [1.807, 2.05) is 6.92 Å². The summed E-state index contributed by atoms with van der Waals surface area (Å²) < 4.78 is 0. The first kappa shape index (κ1) is 32.8. The zero-order valence-electron chi connectivity index (χ0n) is 23.2. The van der Waals surface area contributed by atoms with Gasteiger partial charge in [0.15, 0.2) is 0 Å². The Balaban J connectivity index is 2.25. The number of hydrogen-bond donors (Lipinski definition) is 7. The van der Waals surface area contributed by atoms with Gasteiger partial charge in [-0.3, -0.25) is 19.2 Å². The third kappa shape index (κ3) is 10.9. The number of phenols is 1. The van der Waals surface area contributed by atoms with Gasteiger partial charge in [-0.15, -0.1) is 0 Å². The SMILES string of the molecule is CCC(C)C(NC(=O)C(N)CCC(N)=O)C(=O)NC(Cc1ccccc1)C(=O)NC(Cc1ccc(O)cc1)C(=O)O. The van der Waals surface area contributed by atoms with Crippen LogP contribution < -0.4 is 27.4 Å². The highest BCUT2D eigenvalue weighted by Gasteiger charge is 2.32. The summed E-state index contributed by atoms with van der Waals surface area (Å²) in [6.45, 7) is 3.59. The van der Waals surface area contributed by atoms with Gasteiger partial charge in [0.1, 0.15) is 23.9 Å². The fourth-order valence-corrected chi connectivity index (χ4v) is 4.05. The summed E-state index contributed by atoms with van der Waals surface area (Å²) in [5, 5.41) is 27.1. The number of hydrogen-bond acceptors (Lipinski definition) is 7. The van der Waals surface area contributed by atoms with E-state index in [0.717, 1.165) is 5.56 Å². The normalized spacial score (nSPS) is 14.5. The summed E-state index contributed by atoms with van der Waals surface area (Å²) in [5.41, 5.74) is 12.3. The molecule has 0 aliphatic rings. The van der Waals surface area contributed by atoms with Gasteiger partial charge in [0.05, 0.1) is 6.04 Å². The van der Waals surface area contributed by atoms with E-state index in [2.05, 4.69) is 16.0 Å². The highest BCUT2D eigenvalue weighted by Crippen LogP contribution is 2.13. The summed E-state index contributed by atoms with van der Waals surface area (Å²) in [5.74, 6) is -4.21. The van der Waals surface area contributed by atoms with Gasteiger partial charge in [0.25, 0.3) is 0 Å². The molecule has 12 heteroatoms. The largest absolute Gasteiger partial charge is 0.508 e. The Morgan fingerprint density at radius 1 is 0.805 bits per heavy atom. The standard InChI is InChI=1S/C29H39N5O7/c1-3-17(2)25(34-26(37)21(30)13-14-24(31)36)28(39)32-22(15-18-7-5-4-6-8-18)27(38)33-23(29(40)41)16-19-9-11-20(35)12-10-19/h4-12,17,21-23,25,35H,3,13-16,30H2,1-2H3,(H2,31,36)(H,32,39)(H,33,38)(H,34,37)(H,40,41). The number of nitrogens with two attached hydrogens (primary N) is 2. The van der Waals surface area contributed by atoms with Crippen molar-refractivity contribution in [2.45, 2.75) is 70.1 Å². The van der Waals surface area contributed by atoms with Crippen LogP contribution >= 0.6 is 0 Å². The Hall–Kier alpha value is -4.45. The molecule has 12 nitrogen and oxygen atoms in total. The predicted octanol–water partition coefficient (Wildman–Crippen LogP) is 0.355. The van der Waals surface area contributed by atoms with Crippen LogP contribution in [-0.2, 0) is 36.8 Å². The molecule has 0 saturated heterocycles. The second-order valence-corrected chi connectivity index (χ2v) is 10.0. The van der Waals surface area contributed by atoms with E-state index in [-0.39, 0.29) is 37.4 Å². The van der Waals surface area contributed by atoms with Crippen molar-refractivity contribution < 1.29 is 34.2 Å². The van der Waals surface area contributed by atoms with Gasteiger partial charge in [-0.2, -0.15) is 0 Å². The van der Waals surface area contributed by atoms with Crippen molar-refractivity contribution in [2.75, 3.05) is 0 Å². The summed E-state index contributed by atoms with van der Waals surface area (Å²) in [6, 6.07) is 10.2. The van der Waals surface area contributed by atoms with E-state index >= 15 is 0 Å². The maximum Gasteiger partial charge on any atom is 0.326 e. The molecule has 0 heterocycles. The van der Waals surface area contributed by atoms with Gasteiger partial charge in [-0.25, -0.2) is 4.79 Å². The third-order valence-electron chi connectivity index (χ3n) is 6.74. The molecule has 0 spiro atoms. The number of amides is 4. The van der Waals surface area contributed by atoms with Crippen molar-refractivity contribution in [3.8, 4) is 5.75 Å². The molecule has 2 aromatic carbocycles. The van der Waals surface area contributed by atoms with E-state index in [1.54, 1.807) is 49.4 Å². The van der Waals surface area contributed by atoms with Gasteiger partial charge < -0.3 is 37.6 Å². The average molecular weight is 570 g/mol. The molecule has 4 amide bonds. The van der Waals surface area contributed by atoms with Crippen LogP contribution in [0, 0.1) is 5.92 Å². The minimum Gasteiger partial charge on any atom is -0.508 e. The number of phenolic OH excluding ortho intramolecular Hbond substituents is 1. The smallest absolute Gasteiger partial charge is 0.326 e. The van der Waals surface area contributed by atoms with Crippen molar-refractivity contribution in [1.82, 2.24) is 16.0 Å². The molecule has 0 aliphatic heterocycles. The minimum absolute atomic E-state index is 0.00661. The second-order valence-electron chi connectivity index (χ2n) is 10.0. The van der Waals surface area contributed by atoms with Crippen LogP contribution in [0.4, 0.5) is 0 Å². The fourth-order valence-electron chi connectivity index (χ4n) is 4.05. The number of rotatable bonds is 16. The van der Waals surface area contributed by atoms with Crippen LogP contribution in [-0.4, -0.2) is 64.0 Å². The van der Waals surface area contributed by atoms with Crippen LogP contribution in [0.5, 0.6) is 5.75 Å². The maximum absolute atomic E-state index is 13.5.